The highest BCUT2D eigenvalue weighted by molar-refractivity contribution is 14.1. The maximum Gasteiger partial charge on any atom is 0.0318 e. The highest BCUT2D eigenvalue weighted by Gasteiger charge is 2.14. The van der Waals surface area contributed by atoms with Gasteiger partial charge in [-0.15, -0.1) is 0 Å². The molecule has 0 saturated carbocycles. The topological polar surface area (TPSA) is 0 Å². The molecule has 1 unspecified atom stereocenters. The Morgan fingerprint density at radius 2 is 2.18 bits per heavy atom. The molecule has 1 atom stereocenters. The number of hydrogen-bond acceptors (Lipinski definition) is 0. The number of rotatable bonds is 5. The molecule has 0 N–H and O–H groups in total. The van der Waals surface area contributed by atoms with E-state index in [-0.39, 0.29) is 0 Å². The molecule has 0 aromatic rings. The first-order valence-corrected chi connectivity index (χ1v) is 7.00. The van der Waals surface area contributed by atoms with Crippen molar-refractivity contribution in [2.24, 2.45) is 0 Å². The van der Waals surface area contributed by atoms with Crippen molar-refractivity contribution in [3.63, 3.8) is 0 Å². The van der Waals surface area contributed by atoms with Gasteiger partial charge in [-0.2, -0.15) is 0 Å². The molecule has 0 nitrogen and oxygen atoms in total. The van der Waals surface area contributed by atoms with Gasteiger partial charge in [-0.25, -0.2) is 0 Å². The van der Waals surface area contributed by atoms with Gasteiger partial charge >= 0.3 is 0 Å². The lowest BCUT2D eigenvalue weighted by molar-refractivity contribution is 0.704. The predicted octanol–water partition coefficient (Wildman–Crippen LogP) is 4.12. The Morgan fingerprint density at radius 1 is 1.45 bits per heavy atom. The van der Waals surface area contributed by atoms with Crippen LogP contribution >= 0.6 is 45.2 Å². The van der Waals surface area contributed by atoms with Crippen LogP contribution in [0.25, 0.3) is 0 Å². The molecular weight excluding hydrogens is 362 g/mol. The molecule has 0 aromatic carbocycles. The third kappa shape index (κ3) is 3.61. The highest BCUT2D eigenvalue weighted by Crippen LogP contribution is 2.29. The van der Waals surface area contributed by atoms with E-state index < -0.39 is 0 Å². The molecule has 0 spiro atoms. The predicted molar refractivity (Wildman–Crippen MR) is 67.9 cm³/mol. The van der Waals surface area contributed by atoms with Gasteiger partial charge in [0.15, 0.2) is 0 Å². The number of hydrogen-bond donors (Lipinski definition) is 0. The SMILES string of the molecule is ICCCCC(I)C1=CCC1. The molecule has 0 saturated heterocycles. The first-order chi connectivity index (χ1) is 5.34. The van der Waals surface area contributed by atoms with Crippen LogP contribution in [0.4, 0.5) is 0 Å². The van der Waals surface area contributed by atoms with Gasteiger partial charge in [0.05, 0.1) is 0 Å². The Morgan fingerprint density at radius 3 is 2.64 bits per heavy atom. The standard InChI is InChI=1S/C9H14I2/c10-7-2-1-6-9(11)8-4-3-5-8/h4,9H,1-3,5-7H2. The maximum atomic E-state index is 2.59. The van der Waals surface area contributed by atoms with Crippen molar-refractivity contribution in [3.05, 3.63) is 11.6 Å². The van der Waals surface area contributed by atoms with E-state index in [2.05, 4.69) is 51.3 Å². The van der Waals surface area contributed by atoms with E-state index in [1.54, 1.807) is 5.57 Å². The summed E-state index contributed by atoms with van der Waals surface area (Å²) in [5, 5.41) is 0. The third-order valence-corrected chi connectivity index (χ3v) is 4.27. The van der Waals surface area contributed by atoms with Gasteiger partial charge < -0.3 is 0 Å². The fourth-order valence-corrected chi connectivity index (χ4v) is 2.74. The number of halogens is 2. The fourth-order valence-electron chi connectivity index (χ4n) is 1.20. The smallest absolute Gasteiger partial charge is 0.0318 e. The fraction of sp³-hybridized carbons (Fsp3) is 0.778. The molecule has 1 rings (SSSR count). The number of allylic oxidation sites excluding steroid dienone is 2. The van der Waals surface area contributed by atoms with E-state index in [0.29, 0.717) is 0 Å². The zero-order chi connectivity index (χ0) is 8.10. The van der Waals surface area contributed by atoms with Gasteiger partial charge in [-0.3, -0.25) is 0 Å². The van der Waals surface area contributed by atoms with Crippen LogP contribution in [0.3, 0.4) is 0 Å². The molecule has 64 valence electrons. The van der Waals surface area contributed by atoms with Crippen LogP contribution in [0.5, 0.6) is 0 Å². The van der Waals surface area contributed by atoms with Crippen LogP contribution in [0.2, 0.25) is 0 Å². The molecule has 11 heavy (non-hydrogen) atoms. The summed E-state index contributed by atoms with van der Waals surface area (Å²) in [4.78, 5) is 0. The van der Waals surface area contributed by atoms with Crippen molar-refractivity contribution in [2.45, 2.75) is 36.0 Å². The summed E-state index contributed by atoms with van der Waals surface area (Å²) in [6.07, 6.45) is 9.32. The van der Waals surface area contributed by atoms with Crippen LogP contribution < -0.4 is 0 Å². The summed E-state index contributed by atoms with van der Waals surface area (Å²) < 4.78 is 2.17. The van der Waals surface area contributed by atoms with E-state index in [1.165, 1.54) is 36.5 Å². The minimum atomic E-state index is 0.851. The number of unbranched alkanes of at least 4 members (excludes halogenated alkanes) is 1. The van der Waals surface area contributed by atoms with E-state index in [0.717, 1.165) is 3.92 Å². The van der Waals surface area contributed by atoms with Crippen molar-refractivity contribution >= 4 is 45.2 Å². The van der Waals surface area contributed by atoms with Gasteiger partial charge in [0, 0.05) is 3.92 Å². The van der Waals surface area contributed by atoms with E-state index >= 15 is 0 Å². The summed E-state index contributed by atoms with van der Waals surface area (Å²) in [6.45, 7) is 0. The molecule has 1 aliphatic carbocycles. The molecule has 0 amide bonds. The molecular formula is C9H14I2. The lowest BCUT2D eigenvalue weighted by Gasteiger charge is -2.19. The van der Waals surface area contributed by atoms with E-state index in [4.69, 9.17) is 0 Å². The zero-order valence-electron chi connectivity index (χ0n) is 6.65. The molecule has 0 aliphatic heterocycles. The van der Waals surface area contributed by atoms with Gasteiger partial charge in [-0.05, 0) is 30.1 Å². The zero-order valence-corrected chi connectivity index (χ0v) is 11.0. The molecule has 1 aliphatic rings. The second kappa shape index (κ2) is 5.78. The Bertz CT molecular complexity index is 140. The quantitative estimate of drug-likeness (QED) is 0.293. The van der Waals surface area contributed by atoms with Gasteiger partial charge in [-0.1, -0.05) is 63.3 Å². The summed E-state index contributed by atoms with van der Waals surface area (Å²) in [5.41, 5.74) is 1.71. The Kier molecular flexibility index (Phi) is 5.40. The molecule has 0 bridgehead atoms. The summed E-state index contributed by atoms with van der Waals surface area (Å²) in [5.74, 6) is 0. The van der Waals surface area contributed by atoms with Crippen molar-refractivity contribution < 1.29 is 0 Å². The van der Waals surface area contributed by atoms with Crippen molar-refractivity contribution in [1.29, 1.82) is 0 Å². The molecule has 0 aromatic heterocycles. The van der Waals surface area contributed by atoms with Crippen molar-refractivity contribution in [1.82, 2.24) is 0 Å². The average Bonchev–Trinajstić information content (AvgIpc) is 1.84. The van der Waals surface area contributed by atoms with Crippen LogP contribution in [-0.2, 0) is 0 Å². The first kappa shape index (κ1) is 10.3. The van der Waals surface area contributed by atoms with E-state index in [9.17, 15) is 0 Å². The largest absolute Gasteiger partial charge is 0.0864 e. The summed E-state index contributed by atoms with van der Waals surface area (Å²) in [6, 6.07) is 0. The maximum absolute atomic E-state index is 2.59. The van der Waals surface area contributed by atoms with Gasteiger partial charge in [0.2, 0.25) is 0 Å². The van der Waals surface area contributed by atoms with Crippen LogP contribution in [0, 0.1) is 0 Å². The van der Waals surface area contributed by atoms with Crippen molar-refractivity contribution in [2.75, 3.05) is 4.43 Å². The second-order valence-electron chi connectivity index (χ2n) is 2.97. The summed E-state index contributed by atoms with van der Waals surface area (Å²) in [7, 11) is 0. The molecule has 0 heterocycles. The van der Waals surface area contributed by atoms with Crippen LogP contribution in [-0.4, -0.2) is 8.35 Å². The third-order valence-electron chi connectivity index (χ3n) is 2.08. The Balaban J connectivity index is 2.06. The number of alkyl halides is 2. The lowest BCUT2D eigenvalue weighted by Crippen LogP contribution is -2.07. The molecule has 0 radical (unpaired) electrons. The normalized spacial score (nSPS) is 18.9. The lowest BCUT2D eigenvalue weighted by atomic mass is 9.94. The minimum absolute atomic E-state index is 0.851. The Labute approximate surface area is 96.5 Å². The van der Waals surface area contributed by atoms with Gasteiger partial charge in [0.25, 0.3) is 0 Å². The Hall–Kier alpha value is 1.20. The highest BCUT2D eigenvalue weighted by atomic mass is 127. The van der Waals surface area contributed by atoms with Gasteiger partial charge in [0.1, 0.15) is 0 Å². The van der Waals surface area contributed by atoms with Crippen LogP contribution in [0.15, 0.2) is 11.6 Å². The van der Waals surface area contributed by atoms with E-state index in [1.807, 2.05) is 0 Å². The average molecular weight is 376 g/mol. The second-order valence-corrected chi connectivity index (χ2v) is 5.55. The first-order valence-electron chi connectivity index (χ1n) is 4.23. The minimum Gasteiger partial charge on any atom is -0.0864 e. The van der Waals surface area contributed by atoms with Crippen molar-refractivity contribution in [3.8, 4) is 0 Å². The molecule has 2 heteroatoms. The summed E-state index contributed by atoms with van der Waals surface area (Å²) >= 11 is 5.05. The molecule has 0 fully saturated rings. The van der Waals surface area contributed by atoms with Crippen LogP contribution in [0.1, 0.15) is 32.1 Å². The monoisotopic (exact) mass is 376 g/mol.